The summed E-state index contributed by atoms with van der Waals surface area (Å²) < 4.78 is 1.44. The van der Waals surface area contributed by atoms with Crippen LogP contribution in [0.25, 0.3) is 0 Å². The Morgan fingerprint density at radius 2 is 1.83 bits per heavy atom. The molecule has 6 heavy (non-hydrogen) atoms. The summed E-state index contributed by atoms with van der Waals surface area (Å²) in [6.45, 7) is 0. The van der Waals surface area contributed by atoms with Gasteiger partial charge in [-0.15, -0.1) is 0 Å². The maximum atomic E-state index is 3.84. The van der Waals surface area contributed by atoms with Gasteiger partial charge in [0.25, 0.3) is 0 Å². The quantitative estimate of drug-likeness (QED) is 0.365. The third-order valence-electron chi connectivity index (χ3n) is 0.477. The summed E-state index contributed by atoms with van der Waals surface area (Å²) in [7, 11) is 0. The largest absolute Gasteiger partial charge is 0.298 e. The van der Waals surface area contributed by atoms with Gasteiger partial charge in [0.05, 0.1) is 0 Å². The van der Waals surface area contributed by atoms with Crippen molar-refractivity contribution in [3.8, 4) is 0 Å². The van der Waals surface area contributed by atoms with Crippen LogP contribution in [0.4, 0.5) is 0 Å². The molecule has 0 saturated heterocycles. The van der Waals surface area contributed by atoms with Crippen molar-refractivity contribution in [3.05, 3.63) is 12.4 Å². The van der Waals surface area contributed by atoms with Crippen molar-refractivity contribution in [1.29, 1.82) is 0 Å². The number of thiol groups is 1. The zero-order chi connectivity index (χ0) is 4.41. The Kier molecular flexibility index (Phi) is 0.894. The summed E-state index contributed by atoms with van der Waals surface area (Å²) in [4.78, 5) is 0. The minimum Gasteiger partial charge on any atom is -0.298 e. The van der Waals surface area contributed by atoms with E-state index in [4.69, 9.17) is 0 Å². The number of nitrogens with zero attached hydrogens (tertiary/aromatic N) is 1. The molecule has 0 unspecified atom stereocenters. The molecule has 0 radical (unpaired) electrons. The third-order valence-corrected chi connectivity index (χ3v) is 0.708. The molecule has 0 atom stereocenters. The molecule has 0 aliphatic carbocycles. The highest BCUT2D eigenvalue weighted by Gasteiger charge is 1.91. The van der Waals surface area contributed by atoms with Gasteiger partial charge < -0.3 is 0 Å². The van der Waals surface area contributed by atoms with Crippen molar-refractivity contribution < 1.29 is 0 Å². The maximum absolute atomic E-state index is 3.84. The zero-order valence-corrected chi connectivity index (χ0v) is 3.94. The molecule has 34 valence electrons. The van der Waals surface area contributed by atoms with E-state index in [9.17, 15) is 0 Å². The van der Waals surface area contributed by atoms with Crippen molar-refractivity contribution in [2.75, 3.05) is 0 Å². The average molecular weight is 103 g/mol. The van der Waals surface area contributed by atoms with Gasteiger partial charge in [-0.2, -0.15) is 0 Å². The minimum absolute atomic E-state index is 1.44. The van der Waals surface area contributed by atoms with E-state index in [1.54, 1.807) is 12.4 Å². The molecule has 2 N–H and O–H groups in total. The van der Waals surface area contributed by atoms with Crippen LogP contribution in [0.15, 0.2) is 12.4 Å². The van der Waals surface area contributed by atoms with Gasteiger partial charge in [0.15, 0.2) is 0 Å². The normalized spacial score (nSPS) is 20.2. The van der Waals surface area contributed by atoms with Gasteiger partial charge in [-0.1, -0.05) is 17.3 Å². The Bertz CT molecular complexity index is 63.2. The summed E-state index contributed by atoms with van der Waals surface area (Å²) in [6, 6.07) is 0. The van der Waals surface area contributed by atoms with Crippen LogP contribution in [0.3, 0.4) is 0 Å². The first kappa shape index (κ1) is 3.83. The monoisotopic (exact) mass is 103 g/mol. The predicted octanol–water partition coefficient (Wildman–Crippen LogP) is -0.373. The Hall–Kier alpha value is -0.350. The van der Waals surface area contributed by atoms with Gasteiger partial charge in [-0.3, -0.25) is 10.9 Å². The molecule has 0 aromatic rings. The van der Waals surface area contributed by atoms with Crippen LogP contribution in [-0.4, -0.2) is 4.52 Å². The van der Waals surface area contributed by atoms with E-state index < -0.39 is 0 Å². The van der Waals surface area contributed by atoms with E-state index in [1.165, 1.54) is 4.52 Å². The minimum atomic E-state index is 1.44. The highest BCUT2D eigenvalue weighted by Crippen LogP contribution is 1.84. The lowest BCUT2D eigenvalue weighted by molar-refractivity contribution is 0.389. The molecule has 0 aromatic heterocycles. The fourth-order valence-corrected chi connectivity index (χ4v) is 0.386. The molecule has 0 saturated carbocycles. The Morgan fingerprint density at radius 3 is 2.00 bits per heavy atom. The molecule has 0 amide bonds. The highest BCUT2D eigenvalue weighted by atomic mass is 32.1. The van der Waals surface area contributed by atoms with Gasteiger partial charge in [-0.25, -0.2) is 0 Å². The number of hydrogen-bond acceptors (Lipinski definition) is 4. The smallest absolute Gasteiger partial charge is 0.0327 e. The second-order valence-electron chi connectivity index (χ2n) is 0.903. The Labute approximate surface area is 41.5 Å². The van der Waals surface area contributed by atoms with Crippen molar-refractivity contribution in [2.24, 2.45) is 0 Å². The fraction of sp³-hybridized carbons (Fsp3) is 0. The molecule has 0 aromatic carbocycles. The van der Waals surface area contributed by atoms with Gasteiger partial charge >= 0.3 is 0 Å². The second kappa shape index (κ2) is 1.40. The molecule has 3 nitrogen and oxygen atoms in total. The van der Waals surface area contributed by atoms with Crippen LogP contribution in [-0.2, 0) is 0 Å². The highest BCUT2D eigenvalue weighted by molar-refractivity contribution is 7.77. The average Bonchev–Trinajstić information content (AvgIpc) is 1.86. The summed E-state index contributed by atoms with van der Waals surface area (Å²) in [6.07, 6.45) is 3.49. The number of rotatable bonds is 0. The number of hydrogen-bond donors (Lipinski definition) is 3. The molecule has 0 bridgehead atoms. The van der Waals surface area contributed by atoms with Crippen LogP contribution in [0.1, 0.15) is 0 Å². The van der Waals surface area contributed by atoms with Gasteiger partial charge in [0, 0.05) is 12.4 Å². The van der Waals surface area contributed by atoms with Crippen molar-refractivity contribution in [3.63, 3.8) is 0 Å². The molecule has 1 heterocycles. The van der Waals surface area contributed by atoms with Crippen molar-refractivity contribution in [2.45, 2.75) is 0 Å². The van der Waals surface area contributed by atoms with Crippen LogP contribution in [0.5, 0.6) is 0 Å². The van der Waals surface area contributed by atoms with E-state index in [-0.39, 0.29) is 0 Å². The zero-order valence-electron chi connectivity index (χ0n) is 3.05. The molecule has 1 rings (SSSR count). The van der Waals surface area contributed by atoms with E-state index in [1.807, 2.05) is 0 Å². The standard InChI is InChI=1S/C2H5N3S/c6-5-3-1-2-4-5/h1-4,6H. The van der Waals surface area contributed by atoms with Crippen LogP contribution in [0.2, 0.25) is 0 Å². The van der Waals surface area contributed by atoms with Gasteiger partial charge in [-0.05, 0) is 0 Å². The Morgan fingerprint density at radius 1 is 1.33 bits per heavy atom. The summed E-state index contributed by atoms with van der Waals surface area (Å²) in [5.74, 6) is 0. The molecule has 0 fully saturated rings. The molecule has 1 aliphatic rings. The van der Waals surface area contributed by atoms with Crippen molar-refractivity contribution >= 4 is 12.8 Å². The van der Waals surface area contributed by atoms with E-state index in [2.05, 4.69) is 23.7 Å². The van der Waals surface area contributed by atoms with Crippen LogP contribution in [0, 0.1) is 0 Å². The lowest BCUT2D eigenvalue weighted by atomic mass is 11.0. The Balaban J connectivity index is 2.32. The SMILES string of the molecule is SN1NC=CN1. The maximum Gasteiger partial charge on any atom is 0.0327 e. The van der Waals surface area contributed by atoms with Gasteiger partial charge in [0.2, 0.25) is 0 Å². The molecule has 4 heteroatoms. The summed E-state index contributed by atoms with van der Waals surface area (Å²) in [5, 5.41) is 0. The van der Waals surface area contributed by atoms with Crippen molar-refractivity contribution in [1.82, 2.24) is 15.4 Å². The van der Waals surface area contributed by atoms with E-state index >= 15 is 0 Å². The third kappa shape index (κ3) is 0.580. The summed E-state index contributed by atoms with van der Waals surface area (Å²) >= 11 is 3.84. The molecule has 0 spiro atoms. The first-order valence-corrected chi connectivity index (χ1v) is 1.96. The summed E-state index contributed by atoms with van der Waals surface area (Å²) in [5.41, 5.74) is 5.45. The molecular formula is C2H5N3S. The predicted molar refractivity (Wildman–Crippen MR) is 26.2 cm³/mol. The van der Waals surface area contributed by atoms with E-state index in [0.29, 0.717) is 0 Å². The van der Waals surface area contributed by atoms with E-state index in [0.717, 1.165) is 0 Å². The topological polar surface area (TPSA) is 27.3 Å². The lowest BCUT2D eigenvalue weighted by Crippen LogP contribution is -2.27. The number of nitrogens with one attached hydrogen (secondary N) is 2. The second-order valence-corrected chi connectivity index (χ2v) is 1.30. The molecular weight excluding hydrogens is 98.1 g/mol. The fourth-order valence-electron chi connectivity index (χ4n) is 0.253. The van der Waals surface area contributed by atoms with Crippen LogP contribution < -0.4 is 10.9 Å². The first-order valence-electron chi connectivity index (χ1n) is 1.56. The molecule has 1 aliphatic heterocycles. The van der Waals surface area contributed by atoms with Crippen LogP contribution >= 0.6 is 12.8 Å². The number of hydrazine groups is 2. The van der Waals surface area contributed by atoms with Gasteiger partial charge in [0.1, 0.15) is 0 Å². The first-order chi connectivity index (χ1) is 2.89. The lowest BCUT2D eigenvalue weighted by Gasteiger charge is -2.03.